The Kier molecular flexibility index (Phi) is 11.0. The number of piperidine rings is 1. The first kappa shape index (κ1) is 22.6. The molecule has 0 atom stereocenters. The van der Waals surface area contributed by atoms with Crippen LogP contribution >= 0.6 is 36.2 Å². The summed E-state index contributed by atoms with van der Waals surface area (Å²) in [6, 6.07) is 0. The molecule has 0 aliphatic carbocycles. The Bertz CT molecular complexity index is 460. The van der Waals surface area contributed by atoms with Crippen molar-refractivity contribution in [3.8, 4) is 0 Å². The highest BCUT2D eigenvalue weighted by atomic mass is 35.5. The topological polar surface area (TPSA) is 63.2 Å². The highest BCUT2D eigenvalue weighted by Gasteiger charge is 2.32. The molecule has 1 aliphatic rings. The van der Waals surface area contributed by atoms with E-state index in [1.54, 1.807) is 18.4 Å². The van der Waals surface area contributed by atoms with Crippen molar-refractivity contribution < 1.29 is 9.53 Å². The van der Waals surface area contributed by atoms with Crippen molar-refractivity contribution >= 4 is 42.1 Å². The number of hydrogen-bond donors (Lipinski definition) is 2. The second-order valence-electron chi connectivity index (χ2n) is 5.72. The molecule has 5 nitrogen and oxygen atoms in total. The highest BCUT2D eigenvalue weighted by Crippen LogP contribution is 2.28. The molecule has 23 heavy (non-hydrogen) atoms. The van der Waals surface area contributed by atoms with Gasteiger partial charge in [-0.25, -0.2) is 4.98 Å². The molecule has 1 aliphatic heterocycles. The number of ether oxygens (including phenoxy) is 1. The summed E-state index contributed by atoms with van der Waals surface area (Å²) in [6.07, 6.45) is 3.38. The van der Waals surface area contributed by atoms with Crippen molar-refractivity contribution in [2.24, 2.45) is 5.41 Å². The van der Waals surface area contributed by atoms with Crippen LogP contribution in [0.2, 0.25) is 0 Å². The van der Waals surface area contributed by atoms with Gasteiger partial charge >= 0.3 is 0 Å². The third-order valence-corrected chi connectivity index (χ3v) is 5.06. The molecule has 0 radical (unpaired) electrons. The molecule has 134 valence electrons. The second kappa shape index (κ2) is 11.2. The van der Waals surface area contributed by atoms with Crippen LogP contribution in [0, 0.1) is 5.41 Å². The van der Waals surface area contributed by atoms with Crippen molar-refractivity contribution in [1.82, 2.24) is 15.6 Å². The van der Waals surface area contributed by atoms with Gasteiger partial charge in [-0.2, -0.15) is 0 Å². The van der Waals surface area contributed by atoms with Gasteiger partial charge in [-0.05, 0) is 32.4 Å². The number of hydrogen-bond acceptors (Lipinski definition) is 5. The molecule has 0 aromatic carbocycles. The largest absolute Gasteiger partial charge is 0.384 e. The minimum atomic E-state index is 0. The van der Waals surface area contributed by atoms with Crippen LogP contribution < -0.4 is 10.6 Å². The average Bonchev–Trinajstić information content (AvgIpc) is 2.94. The zero-order valence-corrected chi connectivity index (χ0v) is 16.2. The molecular formula is C15H27Cl2N3O2S. The number of carbonyl (C=O) groups excluding carboxylic acids is 1. The zero-order chi connectivity index (χ0) is 15.1. The van der Waals surface area contributed by atoms with Gasteiger partial charge in [0.05, 0.1) is 23.7 Å². The number of aryl methyl sites for hydroxylation is 1. The van der Waals surface area contributed by atoms with E-state index in [2.05, 4.69) is 22.5 Å². The summed E-state index contributed by atoms with van der Waals surface area (Å²) < 4.78 is 5.36. The van der Waals surface area contributed by atoms with Crippen LogP contribution in [0.15, 0.2) is 5.38 Å². The fourth-order valence-electron chi connectivity index (χ4n) is 2.74. The fourth-order valence-corrected chi connectivity index (χ4v) is 3.49. The number of thiazole rings is 1. The maximum Gasteiger partial charge on any atom is 0.226 e. The standard InChI is InChI=1S/C15H25N3O2S.2ClH/c1-3-14-18-12(9-21-14)8-13(19)17-10-15(11-20-2)4-6-16-7-5-15;;/h9,16H,3-8,10-11H2,1-2H3,(H,17,19);2*1H. The van der Waals surface area contributed by atoms with E-state index in [1.165, 1.54) is 0 Å². The molecule has 2 rings (SSSR count). The lowest BCUT2D eigenvalue weighted by Gasteiger charge is -2.37. The predicted octanol–water partition coefficient (Wildman–Crippen LogP) is 2.22. The molecule has 2 heterocycles. The second-order valence-corrected chi connectivity index (χ2v) is 6.67. The number of amides is 1. The maximum atomic E-state index is 12.1. The molecule has 0 bridgehead atoms. The minimum Gasteiger partial charge on any atom is -0.384 e. The quantitative estimate of drug-likeness (QED) is 0.757. The average molecular weight is 384 g/mol. The Hall–Kier alpha value is -0.400. The monoisotopic (exact) mass is 383 g/mol. The van der Waals surface area contributed by atoms with E-state index in [1.807, 2.05) is 5.38 Å². The SMILES string of the molecule is CCc1nc(CC(=O)NCC2(COC)CCNCC2)cs1.Cl.Cl. The van der Waals surface area contributed by atoms with E-state index in [4.69, 9.17) is 4.74 Å². The molecule has 1 amide bonds. The summed E-state index contributed by atoms with van der Waals surface area (Å²) >= 11 is 1.63. The number of nitrogens with zero attached hydrogens (tertiary/aromatic N) is 1. The number of aromatic nitrogens is 1. The van der Waals surface area contributed by atoms with E-state index in [-0.39, 0.29) is 36.1 Å². The number of nitrogens with one attached hydrogen (secondary N) is 2. The van der Waals surface area contributed by atoms with Gasteiger partial charge in [-0.15, -0.1) is 36.2 Å². The molecule has 1 fully saturated rings. The first-order valence-electron chi connectivity index (χ1n) is 7.57. The summed E-state index contributed by atoms with van der Waals surface area (Å²) in [6.45, 7) is 5.45. The van der Waals surface area contributed by atoms with Gasteiger partial charge in [0, 0.05) is 24.4 Å². The molecule has 8 heteroatoms. The summed E-state index contributed by atoms with van der Waals surface area (Å²) in [5.74, 6) is 0.0527. The summed E-state index contributed by atoms with van der Waals surface area (Å²) in [5, 5.41) is 9.50. The highest BCUT2D eigenvalue weighted by molar-refractivity contribution is 7.09. The molecule has 0 saturated carbocycles. The van der Waals surface area contributed by atoms with Crippen molar-refractivity contribution in [2.75, 3.05) is 33.4 Å². The van der Waals surface area contributed by atoms with Crippen molar-refractivity contribution in [3.63, 3.8) is 0 Å². The van der Waals surface area contributed by atoms with Crippen LogP contribution in [0.1, 0.15) is 30.5 Å². The minimum absolute atomic E-state index is 0. The molecule has 1 aromatic rings. The van der Waals surface area contributed by atoms with Gasteiger partial charge in [0.25, 0.3) is 0 Å². The fraction of sp³-hybridized carbons (Fsp3) is 0.733. The van der Waals surface area contributed by atoms with Gasteiger partial charge in [0.2, 0.25) is 5.91 Å². The number of methoxy groups -OCH3 is 1. The number of carbonyl (C=O) groups is 1. The van der Waals surface area contributed by atoms with Gasteiger partial charge in [-0.1, -0.05) is 6.92 Å². The van der Waals surface area contributed by atoms with Crippen LogP contribution in [-0.2, 0) is 22.4 Å². The molecule has 2 N–H and O–H groups in total. The van der Waals surface area contributed by atoms with Crippen LogP contribution in [-0.4, -0.2) is 44.2 Å². The number of halogens is 2. The van der Waals surface area contributed by atoms with Gasteiger partial charge in [-0.3, -0.25) is 4.79 Å². The predicted molar refractivity (Wildman–Crippen MR) is 99.1 cm³/mol. The smallest absolute Gasteiger partial charge is 0.226 e. The Morgan fingerprint density at radius 3 is 2.70 bits per heavy atom. The zero-order valence-electron chi connectivity index (χ0n) is 13.7. The van der Waals surface area contributed by atoms with Crippen LogP contribution in [0.25, 0.3) is 0 Å². The van der Waals surface area contributed by atoms with Gasteiger partial charge < -0.3 is 15.4 Å². The van der Waals surface area contributed by atoms with Crippen LogP contribution in [0.4, 0.5) is 0 Å². The van der Waals surface area contributed by atoms with E-state index < -0.39 is 0 Å². The van der Waals surface area contributed by atoms with Crippen molar-refractivity contribution in [1.29, 1.82) is 0 Å². The Morgan fingerprint density at radius 1 is 1.43 bits per heavy atom. The molecule has 0 unspecified atom stereocenters. The Labute approximate surface area is 154 Å². The molecule has 1 aromatic heterocycles. The van der Waals surface area contributed by atoms with E-state index in [9.17, 15) is 4.79 Å². The Balaban J connectivity index is 0.00000242. The summed E-state index contributed by atoms with van der Waals surface area (Å²) in [5.41, 5.74) is 0.951. The summed E-state index contributed by atoms with van der Waals surface area (Å²) in [7, 11) is 1.73. The lowest BCUT2D eigenvalue weighted by molar-refractivity contribution is -0.121. The van der Waals surface area contributed by atoms with Gasteiger partial charge in [0.1, 0.15) is 0 Å². The third-order valence-electron chi connectivity index (χ3n) is 4.02. The van der Waals surface area contributed by atoms with Crippen LogP contribution in [0.5, 0.6) is 0 Å². The van der Waals surface area contributed by atoms with Crippen LogP contribution in [0.3, 0.4) is 0 Å². The van der Waals surface area contributed by atoms with E-state index in [0.717, 1.165) is 43.1 Å². The molecule has 0 spiro atoms. The van der Waals surface area contributed by atoms with E-state index >= 15 is 0 Å². The lowest BCUT2D eigenvalue weighted by atomic mass is 9.79. The van der Waals surface area contributed by atoms with Crippen molar-refractivity contribution in [3.05, 3.63) is 16.1 Å². The first-order chi connectivity index (χ1) is 10.2. The van der Waals surface area contributed by atoms with Gasteiger partial charge in [0.15, 0.2) is 0 Å². The maximum absolute atomic E-state index is 12.1. The number of rotatable bonds is 7. The first-order valence-corrected chi connectivity index (χ1v) is 8.45. The van der Waals surface area contributed by atoms with E-state index in [0.29, 0.717) is 19.6 Å². The lowest BCUT2D eigenvalue weighted by Crippen LogP contribution is -2.47. The summed E-state index contributed by atoms with van der Waals surface area (Å²) in [4.78, 5) is 16.5. The molecule has 1 saturated heterocycles. The normalized spacial score (nSPS) is 16.1. The Morgan fingerprint density at radius 2 is 2.13 bits per heavy atom. The molecular weight excluding hydrogens is 357 g/mol. The third kappa shape index (κ3) is 6.93. The van der Waals surface area contributed by atoms with Crippen molar-refractivity contribution in [2.45, 2.75) is 32.6 Å².